The number of allylic oxidation sites excluding steroid dienone is 2. The maximum absolute atomic E-state index is 2.58. The van der Waals surface area contributed by atoms with Crippen molar-refractivity contribution in [1.82, 2.24) is 9.80 Å². The van der Waals surface area contributed by atoms with Crippen LogP contribution in [-0.4, -0.2) is 43.2 Å². The maximum atomic E-state index is 2.58. The van der Waals surface area contributed by atoms with Gasteiger partial charge in [-0.05, 0) is 67.2 Å². The minimum atomic E-state index is 0.718. The predicted octanol–water partition coefficient (Wildman–Crippen LogP) is 4.38. The van der Waals surface area contributed by atoms with Gasteiger partial charge in [0.1, 0.15) is 0 Å². The highest BCUT2D eigenvalue weighted by molar-refractivity contribution is 4.88. The molecule has 0 radical (unpaired) electrons. The fraction of sp³-hybridized carbons (Fsp3) is 0.875. The summed E-state index contributed by atoms with van der Waals surface area (Å²) in [5.74, 6) is 0. The van der Waals surface area contributed by atoms with E-state index in [1.165, 1.54) is 37.9 Å². The van der Waals surface area contributed by atoms with Gasteiger partial charge in [-0.1, -0.05) is 32.4 Å². The van der Waals surface area contributed by atoms with Crippen molar-refractivity contribution in [3.05, 3.63) is 11.6 Å². The third-order valence-corrected chi connectivity index (χ3v) is 3.01. The predicted molar refractivity (Wildman–Crippen MR) is 85.0 cm³/mol. The van der Waals surface area contributed by atoms with Gasteiger partial charge in [-0.15, -0.1) is 0 Å². The molecule has 0 amide bonds. The molecule has 0 aromatic carbocycles. The van der Waals surface area contributed by atoms with Gasteiger partial charge in [-0.2, -0.15) is 0 Å². The minimum absolute atomic E-state index is 0.718. The first-order valence-corrected chi connectivity index (χ1v) is 7.52. The van der Waals surface area contributed by atoms with Crippen LogP contribution in [0.4, 0.5) is 0 Å². The summed E-state index contributed by atoms with van der Waals surface area (Å²) in [5.41, 5.74) is 1.38. The molecular weight excluding hydrogens is 220 g/mol. The van der Waals surface area contributed by atoms with E-state index in [0.29, 0.717) is 0 Å². The Morgan fingerprint density at radius 3 is 2.11 bits per heavy atom. The summed E-state index contributed by atoms with van der Waals surface area (Å²) in [6.07, 6.45) is 6.81. The SMILES string of the molecule is CC.CC=C(C)C.CCCN1CCCC1N(C)C. The molecule has 2 heteroatoms. The number of hydrogen-bond acceptors (Lipinski definition) is 2. The summed E-state index contributed by atoms with van der Waals surface area (Å²) in [7, 11) is 4.36. The van der Waals surface area contributed by atoms with Gasteiger partial charge in [-0.25, -0.2) is 0 Å². The van der Waals surface area contributed by atoms with Crippen molar-refractivity contribution in [1.29, 1.82) is 0 Å². The van der Waals surface area contributed by atoms with Gasteiger partial charge in [0.25, 0.3) is 0 Å². The molecule has 0 N–H and O–H groups in total. The van der Waals surface area contributed by atoms with Crippen LogP contribution in [0.15, 0.2) is 11.6 Å². The zero-order valence-electron chi connectivity index (χ0n) is 14.1. The van der Waals surface area contributed by atoms with Gasteiger partial charge in [0.15, 0.2) is 0 Å². The van der Waals surface area contributed by atoms with Crippen molar-refractivity contribution in [2.75, 3.05) is 27.2 Å². The van der Waals surface area contributed by atoms with E-state index in [4.69, 9.17) is 0 Å². The van der Waals surface area contributed by atoms with Crippen LogP contribution in [-0.2, 0) is 0 Å². The first-order valence-electron chi connectivity index (χ1n) is 7.52. The Labute approximate surface area is 116 Å². The third kappa shape index (κ3) is 9.67. The van der Waals surface area contributed by atoms with E-state index in [1.54, 1.807) is 0 Å². The Morgan fingerprint density at radius 1 is 1.28 bits per heavy atom. The van der Waals surface area contributed by atoms with Crippen LogP contribution in [0.25, 0.3) is 0 Å². The second kappa shape index (κ2) is 13.1. The number of nitrogens with zero attached hydrogens (tertiary/aromatic N) is 2. The summed E-state index contributed by atoms with van der Waals surface area (Å²) >= 11 is 0. The molecule has 2 nitrogen and oxygen atoms in total. The number of hydrogen-bond donors (Lipinski definition) is 0. The molecule has 0 bridgehead atoms. The van der Waals surface area contributed by atoms with Crippen LogP contribution in [0.5, 0.6) is 0 Å². The highest BCUT2D eigenvalue weighted by Gasteiger charge is 2.24. The fourth-order valence-corrected chi connectivity index (χ4v) is 1.94. The molecule has 1 saturated heterocycles. The summed E-state index contributed by atoms with van der Waals surface area (Å²) in [5, 5.41) is 0. The number of likely N-dealkylation sites (tertiary alicyclic amines) is 1. The molecule has 1 heterocycles. The van der Waals surface area contributed by atoms with Crippen LogP contribution >= 0.6 is 0 Å². The van der Waals surface area contributed by atoms with Gasteiger partial charge >= 0.3 is 0 Å². The molecule has 0 aromatic heterocycles. The summed E-state index contributed by atoms with van der Waals surface area (Å²) in [6.45, 7) is 15.0. The average molecular weight is 256 g/mol. The molecule has 0 saturated carbocycles. The molecule has 18 heavy (non-hydrogen) atoms. The molecule has 1 unspecified atom stereocenters. The van der Waals surface area contributed by atoms with Gasteiger partial charge < -0.3 is 0 Å². The maximum Gasteiger partial charge on any atom is 0.0617 e. The van der Waals surface area contributed by atoms with Crippen molar-refractivity contribution in [3.8, 4) is 0 Å². The molecular formula is C16H36N2. The van der Waals surface area contributed by atoms with E-state index < -0.39 is 0 Å². The van der Waals surface area contributed by atoms with Gasteiger partial charge in [0, 0.05) is 0 Å². The lowest BCUT2D eigenvalue weighted by Gasteiger charge is -2.29. The third-order valence-electron chi connectivity index (χ3n) is 3.01. The summed E-state index contributed by atoms with van der Waals surface area (Å²) < 4.78 is 0. The lowest BCUT2D eigenvalue weighted by atomic mass is 10.3. The number of rotatable bonds is 3. The zero-order chi connectivity index (χ0) is 14.6. The van der Waals surface area contributed by atoms with Crippen molar-refractivity contribution < 1.29 is 0 Å². The molecule has 1 rings (SSSR count). The van der Waals surface area contributed by atoms with Crippen molar-refractivity contribution in [3.63, 3.8) is 0 Å². The molecule has 1 aliphatic rings. The molecule has 110 valence electrons. The van der Waals surface area contributed by atoms with Crippen LogP contribution in [0, 0.1) is 0 Å². The standard InChI is InChI=1S/C9H20N2.C5H10.C2H6/c1-4-7-11-8-5-6-9(11)10(2)3;1-4-5(2)3;1-2/h9H,4-8H2,1-3H3;4H,1-3H3;1-2H3. The van der Waals surface area contributed by atoms with Crippen molar-refractivity contribution in [2.45, 2.75) is 67.0 Å². The smallest absolute Gasteiger partial charge is 0.0617 e. The van der Waals surface area contributed by atoms with Crippen molar-refractivity contribution >= 4 is 0 Å². The Bertz CT molecular complexity index is 193. The highest BCUT2D eigenvalue weighted by atomic mass is 15.3. The summed E-state index contributed by atoms with van der Waals surface area (Å²) in [6, 6.07) is 0. The van der Waals surface area contributed by atoms with E-state index in [1.807, 2.05) is 20.8 Å². The van der Waals surface area contributed by atoms with Crippen molar-refractivity contribution in [2.24, 2.45) is 0 Å². The molecule has 1 aliphatic heterocycles. The quantitative estimate of drug-likeness (QED) is 0.692. The largest absolute Gasteiger partial charge is 0.294 e. The van der Waals surface area contributed by atoms with Gasteiger partial charge in [0.2, 0.25) is 0 Å². The minimum Gasteiger partial charge on any atom is -0.294 e. The van der Waals surface area contributed by atoms with E-state index in [0.717, 1.165) is 6.17 Å². The second-order valence-corrected chi connectivity index (χ2v) is 4.99. The molecule has 0 spiro atoms. The topological polar surface area (TPSA) is 6.48 Å². The molecule has 0 aliphatic carbocycles. The lowest BCUT2D eigenvalue weighted by Crippen LogP contribution is -2.40. The normalized spacial score (nSPS) is 18.6. The van der Waals surface area contributed by atoms with Crippen LogP contribution in [0.1, 0.15) is 60.8 Å². The van der Waals surface area contributed by atoms with E-state index >= 15 is 0 Å². The Hall–Kier alpha value is -0.340. The van der Waals surface area contributed by atoms with E-state index in [-0.39, 0.29) is 0 Å². The first kappa shape index (κ1) is 20.0. The Balaban J connectivity index is 0. The van der Waals surface area contributed by atoms with Crippen LogP contribution in [0.3, 0.4) is 0 Å². The molecule has 1 fully saturated rings. The van der Waals surface area contributed by atoms with Crippen LogP contribution < -0.4 is 0 Å². The zero-order valence-corrected chi connectivity index (χ0v) is 14.1. The molecule has 0 aromatic rings. The second-order valence-electron chi connectivity index (χ2n) is 4.99. The Kier molecular flexibility index (Phi) is 14.5. The average Bonchev–Trinajstić information content (AvgIpc) is 2.81. The summed E-state index contributed by atoms with van der Waals surface area (Å²) in [4.78, 5) is 4.92. The molecule has 1 atom stereocenters. The lowest BCUT2D eigenvalue weighted by molar-refractivity contribution is 0.120. The van der Waals surface area contributed by atoms with Gasteiger partial charge in [-0.3, -0.25) is 9.80 Å². The monoisotopic (exact) mass is 256 g/mol. The first-order chi connectivity index (χ1) is 8.52. The fourth-order valence-electron chi connectivity index (χ4n) is 1.94. The Morgan fingerprint density at radius 2 is 1.78 bits per heavy atom. The van der Waals surface area contributed by atoms with Gasteiger partial charge in [0.05, 0.1) is 6.17 Å². The highest BCUT2D eigenvalue weighted by Crippen LogP contribution is 2.18. The van der Waals surface area contributed by atoms with Crippen LogP contribution in [0.2, 0.25) is 0 Å². The van der Waals surface area contributed by atoms with E-state index in [2.05, 4.69) is 50.7 Å². The van der Waals surface area contributed by atoms with E-state index in [9.17, 15) is 0 Å².